The number of aromatic nitrogens is 3. The molecule has 1 saturated heterocycles. The number of carbonyl (C=O) groups is 2. The number of benzene rings is 2. The Bertz CT molecular complexity index is 1430. The van der Waals surface area contributed by atoms with Crippen LogP contribution in [0, 0.1) is 0 Å². The number of methoxy groups -OCH3 is 1. The summed E-state index contributed by atoms with van der Waals surface area (Å²) >= 11 is 0. The van der Waals surface area contributed by atoms with E-state index in [1.807, 2.05) is 30.3 Å². The second-order valence-corrected chi connectivity index (χ2v) is 8.65. The zero-order chi connectivity index (χ0) is 25.4. The number of hydrogen-bond acceptors (Lipinski definition) is 5. The smallest absolute Gasteiger partial charge is 0.321 e. The van der Waals surface area contributed by atoms with Crippen molar-refractivity contribution in [3.63, 3.8) is 0 Å². The molecule has 8 nitrogen and oxygen atoms in total. The summed E-state index contributed by atoms with van der Waals surface area (Å²) in [5, 5.41) is 7.63. The van der Waals surface area contributed by atoms with Gasteiger partial charge in [-0.1, -0.05) is 30.3 Å². The number of amides is 2. The summed E-state index contributed by atoms with van der Waals surface area (Å²) < 4.78 is 34.2. The van der Waals surface area contributed by atoms with Crippen LogP contribution in [0.25, 0.3) is 16.6 Å². The Morgan fingerprint density at radius 3 is 2.61 bits per heavy atom. The van der Waals surface area contributed by atoms with Crippen molar-refractivity contribution >= 4 is 28.4 Å². The van der Waals surface area contributed by atoms with Crippen LogP contribution in [0.1, 0.15) is 24.9 Å². The number of nitrogens with one attached hydrogen (secondary N) is 1. The maximum absolute atomic E-state index is 13.6. The minimum Gasteiger partial charge on any atom is -0.481 e. The fraction of sp³-hybridized carbons (Fsp3) is 0.231. The van der Waals surface area contributed by atoms with Gasteiger partial charge in [-0.25, -0.2) is 9.67 Å². The van der Waals surface area contributed by atoms with Crippen molar-refractivity contribution in [1.29, 1.82) is 0 Å². The number of anilines is 1. The average molecular weight is 491 g/mol. The summed E-state index contributed by atoms with van der Waals surface area (Å²) in [5.41, 5.74) is 2.86. The number of ether oxygens (including phenoxy) is 1. The molecule has 0 aliphatic carbocycles. The molecule has 0 unspecified atom stereocenters. The molecule has 2 aromatic carbocycles. The molecular formula is C26H23F2N5O3. The number of carbonyl (C=O) groups excluding carboxylic acids is 2. The Labute approximate surface area is 205 Å². The molecule has 184 valence electrons. The van der Waals surface area contributed by atoms with Crippen LogP contribution in [-0.4, -0.2) is 45.7 Å². The van der Waals surface area contributed by atoms with E-state index >= 15 is 0 Å². The Morgan fingerprint density at radius 1 is 1.11 bits per heavy atom. The quantitative estimate of drug-likeness (QED) is 0.440. The highest BCUT2D eigenvalue weighted by molar-refractivity contribution is 6.00. The maximum atomic E-state index is 13.6. The molecule has 36 heavy (non-hydrogen) atoms. The van der Waals surface area contributed by atoms with Crippen LogP contribution in [-0.2, 0) is 9.59 Å². The number of alkyl halides is 2. The summed E-state index contributed by atoms with van der Waals surface area (Å²) in [6, 6.07) is 16.6. The number of rotatable bonds is 6. The van der Waals surface area contributed by atoms with Crippen molar-refractivity contribution in [1.82, 2.24) is 20.1 Å². The van der Waals surface area contributed by atoms with Crippen molar-refractivity contribution in [2.45, 2.75) is 31.4 Å². The van der Waals surface area contributed by atoms with Gasteiger partial charge in [-0.3, -0.25) is 9.59 Å². The van der Waals surface area contributed by atoms with Gasteiger partial charge in [0.2, 0.25) is 11.8 Å². The minimum atomic E-state index is -3.55. The van der Waals surface area contributed by atoms with Gasteiger partial charge in [0, 0.05) is 36.7 Å². The van der Waals surface area contributed by atoms with Crippen molar-refractivity contribution in [3.8, 4) is 11.6 Å². The topological polar surface area (TPSA) is 89.4 Å². The number of hydrogen-bond donors (Lipinski definition) is 1. The number of nitrogens with zero attached hydrogens (tertiary/aromatic N) is 4. The molecule has 2 aromatic heterocycles. The predicted octanol–water partition coefficient (Wildman–Crippen LogP) is 4.05. The van der Waals surface area contributed by atoms with Crippen LogP contribution in [0.4, 0.5) is 14.5 Å². The Balaban J connectivity index is 1.53. The van der Waals surface area contributed by atoms with Crippen LogP contribution in [0.2, 0.25) is 0 Å². The number of pyridine rings is 1. The molecule has 4 aromatic rings. The zero-order valence-electron chi connectivity index (χ0n) is 19.6. The SMILES string of the molecule is COc1cc(-n2ncc3cc(N4C(=O)C[C@@H](NC(=O)C(C)(F)F)[C@@H]4c4ccccc4)ccc32)ccn1. The number of fused-ring (bicyclic) bond motifs is 1. The Morgan fingerprint density at radius 2 is 1.89 bits per heavy atom. The second-order valence-electron chi connectivity index (χ2n) is 8.65. The van der Waals surface area contributed by atoms with Gasteiger partial charge >= 0.3 is 5.92 Å². The predicted molar refractivity (Wildman–Crippen MR) is 129 cm³/mol. The van der Waals surface area contributed by atoms with E-state index in [-0.39, 0.29) is 12.3 Å². The van der Waals surface area contributed by atoms with Crippen LogP contribution in [0.5, 0.6) is 5.88 Å². The molecule has 1 aliphatic rings. The van der Waals surface area contributed by atoms with E-state index in [0.717, 1.165) is 22.2 Å². The molecular weight excluding hydrogens is 468 g/mol. The average Bonchev–Trinajstić information content (AvgIpc) is 3.44. The normalized spacial score (nSPS) is 18.0. The first-order valence-corrected chi connectivity index (χ1v) is 11.3. The lowest BCUT2D eigenvalue weighted by Gasteiger charge is -2.29. The van der Waals surface area contributed by atoms with E-state index in [4.69, 9.17) is 4.74 Å². The molecule has 3 heterocycles. The molecule has 0 spiro atoms. The maximum Gasteiger partial charge on any atom is 0.321 e. The van der Waals surface area contributed by atoms with Crippen molar-refractivity contribution in [2.24, 2.45) is 0 Å². The summed E-state index contributed by atoms with van der Waals surface area (Å²) in [4.78, 5) is 30.9. The van der Waals surface area contributed by atoms with Crippen molar-refractivity contribution < 1.29 is 23.1 Å². The fourth-order valence-electron chi connectivity index (χ4n) is 4.51. The standard InChI is InChI=1S/C26H23F2N5O3/c1-26(27,28)25(35)31-20-14-23(34)32(24(20)16-6-4-3-5-7-16)18-8-9-21-17(12-18)15-30-33(21)19-10-11-29-22(13-19)36-2/h3-13,15,20,24H,14H2,1-2H3,(H,31,35)/t20-,24+/m1/s1. The van der Waals surface area contributed by atoms with E-state index < -0.39 is 23.9 Å². The van der Waals surface area contributed by atoms with Gasteiger partial charge in [-0.15, -0.1) is 0 Å². The van der Waals surface area contributed by atoms with E-state index in [2.05, 4.69) is 15.4 Å². The number of halogens is 2. The highest BCUT2D eigenvalue weighted by Gasteiger charge is 2.45. The van der Waals surface area contributed by atoms with Crippen LogP contribution < -0.4 is 15.0 Å². The molecule has 10 heteroatoms. The lowest BCUT2D eigenvalue weighted by molar-refractivity contribution is -0.143. The largest absolute Gasteiger partial charge is 0.481 e. The third kappa shape index (κ3) is 4.26. The van der Waals surface area contributed by atoms with Gasteiger partial charge in [0.25, 0.3) is 5.91 Å². The van der Waals surface area contributed by atoms with Gasteiger partial charge in [0.1, 0.15) is 0 Å². The van der Waals surface area contributed by atoms with Crippen molar-refractivity contribution in [2.75, 3.05) is 12.0 Å². The zero-order valence-corrected chi connectivity index (χ0v) is 19.6. The van der Waals surface area contributed by atoms with Gasteiger partial charge in [-0.2, -0.15) is 13.9 Å². The third-order valence-corrected chi connectivity index (χ3v) is 6.18. The molecule has 2 atom stereocenters. The van der Waals surface area contributed by atoms with Crippen LogP contribution >= 0.6 is 0 Å². The van der Waals surface area contributed by atoms with Crippen LogP contribution in [0.3, 0.4) is 0 Å². The van der Waals surface area contributed by atoms with Crippen LogP contribution in [0.15, 0.2) is 73.1 Å². The molecule has 0 radical (unpaired) electrons. The van der Waals surface area contributed by atoms with Gasteiger partial charge in [0.05, 0.1) is 36.6 Å². The highest BCUT2D eigenvalue weighted by atomic mass is 19.3. The summed E-state index contributed by atoms with van der Waals surface area (Å²) in [6.07, 6.45) is 3.20. The lowest BCUT2D eigenvalue weighted by Crippen LogP contribution is -2.46. The summed E-state index contributed by atoms with van der Waals surface area (Å²) in [6.45, 7) is 0.540. The minimum absolute atomic E-state index is 0.102. The van der Waals surface area contributed by atoms with Gasteiger partial charge in [0.15, 0.2) is 0 Å². The molecule has 5 rings (SSSR count). The van der Waals surface area contributed by atoms with Crippen molar-refractivity contribution in [3.05, 3.63) is 78.6 Å². The van der Waals surface area contributed by atoms with Gasteiger partial charge in [-0.05, 0) is 29.8 Å². The molecule has 1 aliphatic heterocycles. The molecule has 2 amide bonds. The second kappa shape index (κ2) is 9.03. The first-order valence-electron chi connectivity index (χ1n) is 11.3. The fourth-order valence-corrected chi connectivity index (χ4v) is 4.51. The van der Waals surface area contributed by atoms with E-state index in [9.17, 15) is 18.4 Å². The van der Waals surface area contributed by atoms with E-state index in [0.29, 0.717) is 18.5 Å². The van der Waals surface area contributed by atoms with E-state index in [1.165, 1.54) is 7.11 Å². The monoisotopic (exact) mass is 491 g/mol. The first-order chi connectivity index (χ1) is 17.3. The molecule has 0 bridgehead atoms. The summed E-state index contributed by atoms with van der Waals surface area (Å²) in [7, 11) is 1.53. The lowest BCUT2D eigenvalue weighted by atomic mass is 9.99. The summed E-state index contributed by atoms with van der Waals surface area (Å²) in [5.74, 6) is -4.79. The third-order valence-electron chi connectivity index (χ3n) is 6.18. The van der Waals surface area contributed by atoms with Gasteiger partial charge < -0.3 is 15.0 Å². The molecule has 1 N–H and O–H groups in total. The Hall–Kier alpha value is -4.34. The Kier molecular flexibility index (Phi) is 5.87. The van der Waals surface area contributed by atoms with E-state index in [1.54, 1.807) is 52.3 Å². The first kappa shape index (κ1) is 23.4. The molecule has 1 fully saturated rings. The molecule has 0 saturated carbocycles. The highest BCUT2D eigenvalue weighted by Crippen LogP contribution is 2.39.